The lowest BCUT2D eigenvalue weighted by molar-refractivity contribution is -0.140. The van der Waals surface area contributed by atoms with Gasteiger partial charge in [-0.2, -0.15) is 5.10 Å². The fourth-order valence-electron chi connectivity index (χ4n) is 2.70. The quantitative estimate of drug-likeness (QED) is 0.344. The van der Waals surface area contributed by atoms with Crippen LogP contribution in [0.15, 0.2) is 29.4 Å². The topological polar surface area (TPSA) is 62.7 Å². The fourth-order valence-corrected chi connectivity index (χ4v) is 2.85. The van der Waals surface area contributed by atoms with E-state index in [9.17, 15) is 4.79 Å². The molecule has 1 aromatic carbocycles. The van der Waals surface area contributed by atoms with Gasteiger partial charge in [-0.25, -0.2) is 0 Å². The molecular formula is C18H25N3O2S. The molecule has 0 amide bonds. The largest absolute Gasteiger partial charge is 0.469 e. The third-order valence-electron chi connectivity index (χ3n) is 4.08. The van der Waals surface area contributed by atoms with Gasteiger partial charge in [0.25, 0.3) is 0 Å². The molecule has 0 atom stereocenters. The van der Waals surface area contributed by atoms with Crippen molar-refractivity contribution in [3.63, 3.8) is 0 Å². The van der Waals surface area contributed by atoms with Gasteiger partial charge >= 0.3 is 5.97 Å². The number of rotatable bonds is 7. The Morgan fingerprint density at radius 3 is 2.79 bits per heavy atom. The summed E-state index contributed by atoms with van der Waals surface area (Å²) in [6, 6.07) is 8.51. The maximum atomic E-state index is 11.0. The number of nitrogens with one attached hydrogen (secondary N) is 2. The van der Waals surface area contributed by atoms with Gasteiger partial charge in [-0.15, -0.1) is 0 Å². The highest BCUT2D eigenvalue weighted by molar-refractivity contribution is 7.80. The Kier molecular flexibility index (Phi) is 7.68. The van der Waals surface area contributed by atoms with Crippen molar-refractivity contribution in [1.82, 2.24) is 10.7 Å². The van der Waals surface area contributed by atoms with Gasteiger partial charge in [0.2, 0.25) is 0 Å². The Balaban J connectivity index is 1.61. The highest BCUT2D eigenvalue weighted by Gasteiger charge is 2.13. The van der Waals surface area contributed by atoms with Gasteiger partial charge in [0.1, 0.15) is 0 Å². The lowest BCUT2D eigenvalue weighted by Gasteiger charge is -2.17. The van der Waals surface area contributed by atoms with Gasteiger partial charge in [-0.1, -0.05) is 30.7 Å². The van der Waals surface area contributed by atoms with E-state index in [0.717, 1.165) is 50.8 Å². The number of fused-ring (bicyclic) bond motifs is 1. The van der Waals surface area contributed by atoms with Crippen molar-refractivity contribution in [2.24, 2.45) is 5.10 Å². The van der Waals surface area contributed by atoms with Crippen LogP contribution in [0, 0.1) is 0 Å². The van der Waals surface area contributed by atoms with E-state index < -0.39 is 0 Å². The summed E-state index contributed by atoms with van der Waals surface area (Å²) < 4.78 is 4.61. The van der Waals surface area contributed by atoms with Crippen LogP contribution in [0.4, 0.5) is 0 Å². The van der Waals surface area contributed by atoms with E-state index in [1.54, 1.807) is 0 Å². The fraction of sp³-hybridized carbons (Fsp3) is 0.500. The number of benzene rings is 1. The van der Waals surface area contributed by atoms with Crippen LogP contribution in [0.1, 0.15) is 43.2 Å². The highest BCUT2D eigenvalue weighted by Crippen LogP contribution is 2.18. The Morgan fingerprint density at radius 1 is 1.21 bits per heavy atom. The molecule has 0 unspecified atom stereocenters. The monoisotopic (exact) mass is 347 g/mol. The van der Waals surface area contributed by atoms with E-state index in [4.69, 9.17) is 12.2 Å². The van der Waals surface area contributed by atoms with E-state index >= 15 is 0 Å². The van der Waals surface area contributed by atoms with Crippen molar-refractivity contribution in [2.75, 3.05) is 13.7 Å². The number of methoxy groups -OCH3 is 1. The normalized spacial score (nSPS) is 14.8. The second-order valence-corrected chi connectivity index (χ2v) is 6.29. The van der Waals surface area contributed by atoms with Crippen molar-refractivity contribution >= 4 is 29.0 Å². The summed E-state index contributed by atoms with van der Waals surface area (Å²) in [5.41, 5.74) is 6.85. The highest BCUT2D eigenvalue weighted by atomic mass is 32.1. The molecule has 0 saturated carbocycles. The number of ether oxygens (including phenoxy) is 1. The Bertz CT molecular complexity index is 602. The number of carbonyl (C=O) groups is 1. The lowest BCUT2D eigenvalue weighted by atomic mass is 9.90. The Labute approximate surface area is 148 Å². The van der Waals surface area contributed by atoms with E-state index in [1.165, 1.54) is 18.2 Å². The van der Waals surface area contributed by atoms with Crippen LogP contribution in [-0.2, 0) is 22.4 Å². The number of unbranched alkanes of at least 4 members (excludes halogenated alkanes) is 2. The smallest absolute Gasteiger partial charge is 0.305 e. The molecule has 5 nitrogen and oxygen atoms in total. The maximum Gasteiger partial charge on any atom is 0.305 e. The molecule has 1 aliphatic rings. The molecule has 1 aliphatic carbocycles. The van der Waals surface area contributed by atoms with Crippen molar-refractivity contribution in [3.8, 4) is 0 Å². The number of esters is 1. The molecule has 0 aromatic heterocycles. The summed E-state index contributed by atoms with van der Waals surface area (Å²) in [6.45, 7) is 0.778. The second-order valence-electron chi connectivity index (χ2n) is 5.88. The summed E-state index contributed by atoms with van der Waals surface area (Å²) in [4.78, 5) is 11.0. The molecule has 1 aromatic rings. The van der Waals surface area contributed by atoms with Crippen LogP contribution < -0.4 is 10.7 Å². The average molecular weight is 347 g/mol. The summed E-state index contributed by atoms with van der Waals surface area (Å²) in [7, 11) is 1.42. The van der Waals surface area contributed by atoms with Crippen molar-refractivity contribution in [2.45, 2.75) is 44.9 Å². The average Bonchev–Trinajstić information content (AvgIpc) is 2.62. The first-order chi connectivity index (χ1) is 11.7. The molecule has 2 rings (SSSR count). The number of hydrogen-bond donors (Lipinski definition) is 2. The first-order valence-corrected chi connectivity index (χ1v) is 8.82. The van der Waals surface area contributed by atoms with E-state index in [-0.39, 0.29) is 5.97 Å². The summed E-state index contributed by atoms with van der Waals surface area (Å²) in [6.07, 6.45) is 6.15. The maximum absolute atomic E-state index is 11.0. The molecular weight excluding hydrogens is 322 g/mol. The Hall–Kier alpha value is -1.95. The lowest BCUT2D eigenvalue weighted by Crippen LogP contribution is -2.33. The molecule has 24 heavy (non-hydrogen) atoms. The molecule has 0 bridgehead atoms. The zero-order valence-corrected chi connectivity index (χ0v) is 15.0. The minimum Gasteiger partial charge on any atom is -0.469 e. The minimum absolute atomic E-state index is 0.148. The predicted octanol–water partition coefficient (Wildman–Crippen LogP) is 2.73. The zero-order chi connectivity index (χ0) is 17.2. The first kappa shape index (κ1) is 18.4. The van der Waals surface area contributed by atoms with Crippen molar-refractivity contribution in [1.29, 1.82) is 0 Å². The molecule has 130 valence electrons. The van der Waals surface area contributed by atoms with Gasteiger partial charge in [0, 0.05) is 25.1 Å². The molecule has 0 saturated heterocycles. The van der Waals surface area contributed by atoms with Gasteiger partial charge in [-0.3, -0.25) is 10.2 Å². The SMILES string of the molecule is COC(=O)CCCCCNC(=S)N/N=C1/CCc2ccccc2C1. The van der Waals surface area contributed by atoms with E-state index in [1.807, 2.05) is 0 Å². The summed E-state index contributed by atoms with van der Waals surface area (Å²) in [5, 5.41) is 8.12. The molecule has 2 N–H and O–H groups in total. The summed E-state index contributed by atoms with van der Waals surface area (Å²) >= 11 is 5.24. The molecule has 6 heteroatoms. The van der Waals surface area contributed by atoms with Gasteiger partial charge in [-0.05, 0) is 49.0 Å². The number of thiocarbonyl (C=S) groups is 1. The third-order valence-corrected chi connectivity index (χ3v) is 4.32. The molecule has 0 aliphatic heterocycles. The molecule has 0 heterocycles. The van der Waals surface area contributed by atoms with Crippen LogP contribution in [0.5, 0.6) is 0 Å². The van der Waals surface area contributed by atoms with Gasteiger partial charge in [0.05, 0.1) is 7.11 Å². The van der Waals surface area contributed by atoms with Crippen LogP contribution in [0.3, 0.4) is 0 Å². The van der Waals surface area contributed by atoms with Crippen LogP contribution in [0.25, 0.3) is 0 Å². The standard InChI is InChI=1S/C18H25N3O2S/c1-23-17(22)9-3-2-6-12-19-18(24)21-20-16-11-10-14-7-4-5-8-15(14)13-16/h4-5,7-8H,2-3,6,9-13H2,1H3,(H2,19,21,24)/b20-16-. The van der Waals surface area contributed by atoms with Gasteiger partial charge in [0.15, 0.2) is 5.11 Å². The first-order valence-electron chi connectivity index (χ1n) is 8.42. The summed E-state index contributed by atoms with van der Waals surface area (Å²) in [5.74, 6) is -0.148. The predicted molar refractivity (Wildman–Crippen MR) is 100 cm³/mol. The number of carbonyl (C=O) groups excluding carboxylic acids is 1. The molecule has 0 fully saturated rings. The third kappa shape index (κ3) is 6.28. The van der Waals surface area contributed by atoms with Crippen molar-refractivity contribution in [3.05, 3.63) is 35.4 Å². The number of nitrogens with zero attached hydrogens (tertiary/aromatic N) is 1. The van der Waals surface area contributed by atoms with Gasteiger partial charge < -0.3 is 10.1 Å². The Morgan fingerprint density at radius 2 is 2.00 bits per heavy atom. The van der Waals surface area contributed by atoms with Crippen LogP contribution >= 0.6 is 12.2 Å². The molecule has 0 spiro atoms. The van der Waals surface area contributed by atoms with Crippen LogP contribution in [-0.4, -0.2) is 30.4 Å². The number of hydrazone groups is 1. The van der Waals surface area contributed by atoms with Crippen LogP contribution in [0.2, 0.25) is 0 Å². The van der Waals surface area contributed by atoms with E-state index in [0.29, 0.717) is 11.5 Å². The number of aryl methyl sites for hydroxylation is 1. The van der Waals surface area contributed by atoms with E-state index in [2.05, 4.69) is 44.8 Å². The minimum atomic E-state index is -0.148. The van der Waals surface area contributed by atoms with Crippen molar-refractivity contribution < 1.29 is 9.53 Å². The second kappa shape index (κ2) is 10.0. The zero-order valence-electron chi connectivity index (χ0n) is 14.1. The molecule has 0 radical (unpaired) electrons. The number of hydrogen-bond acceptors (Lipinski definition) is 4.